The molecule has 1 aliphatic rings. The third-order valence-corrected chi connectivity index (χ3v) is 3.72. The third-order valence-electron chi connectivity index (χ3n) is 3.72. The molecule has 84 valence electrons. The van der Waals surface area contributed by atoms with Crippen LogP contribution in [0.15, 0.2) is 0 Å². The first kappa shape index (κ1) is 12.0. The predicted octanol–water partition coefficient (Wildman–Crippen LogP) is 0.918. The van der Waals surface area contributed by atoms with E-state index in [1.54, 1.807) is 0 Å². The van der Waals surface area contributed by atoms with Gasteiger partial charge in [-0.2, -0.15) is 0 Å². The van der Waals surface area contributed by atoms with Crippen molar-refractivity contribution in [3.05, 3.63) is 0 Å². The Hall–Kier alpha value is -0.120. The van der Waals surface area contributed by atoms with Crippen molar-refractivity contribution in [1.82, 2.24) is 14.7 Å². The second-order valence-electron chi connectivity index (χ2n) is 4.88. The van der Waals surface area contributed by atoms with E-state index in [1.165, 1.54) is 13.1 Å². The Kier molecular flexibility index (Phi) is 3.93. The fourth-order valence-electron chi connectivity index (χ4n) is 2.26. The van der Waals surface area contributed by atoms with Crippen LogP contribution in [0.25, 0.3) is 0 Å². The summed E-state index contributed by atoms with van der Waals surface area (Å²) in [5.74, 6) is 0. The zero-order valence-electron chi connectivity index (χ0n) is 10.5. The average Bonchev–Trinajstić information content (AvgIpc) is 2.12. The minimum Gasteiger partial charge on any atom is -0.303 e. The normalized spacial score (nSPS) is 39.4. The molecule has 0 aliphatic carbocycles. The molecule has 0 saturated carbocycles. The SMILES string of the molecule is CC1CN(C)CC(C)N(C)C(C)N1C. The summed E-state index contributed by atoms with van der Waals surface area (Å²) < 4.78 is 0. The van der Waals surface area contributed by atoms with Gasteiger partial charge in [0, 0.05) is 25.2 Å². The highest BCUT2D eigenvalue weighted by Crippen LogP contribution is 2.14. The second-order valence-corrected chi connectivity index (χ2v) is 4.88. The van der Waals surface area contributed by atoms with Gasteiger partial charge in [0.25, 0.3) is 0 Å². The van der Waals surface area contributed by atoms with Crippen LogP contribution in [0.1, 0.15) is 20.8 Å². The number of hydrogen-bond donors (Lipinski definition) is 0. The molecule has 0 aromatic heterocycles. The lowest BCUT2D eigenvalue weighted by Gasteiger charge is -2.44. The summed E-state index contributed by atoms with van der Waals surface area (Å²) in [6.45, 7) is 9.23. The lowest BCUT2D eigenvalue weighted by atomic mass is 10.1. The highest BCUT2D eigenvalue weighted by Gasteiger charge is 2.27. The minimum absolute atomic E-state index is 0.536. The van der Waals surface area contributed by atoms with Crippen molar-refractivity contribution in [2.45, 2.75) is 39.0 Å². The third kappa shape index (κ3) is 2.47. The lowest BCUT2D eigenvalue weighted by molar-refractivity contribution is 0.000984. The van der Waals surface area contributed by atoms with Crippen LogP contribution < -0.4 is 0 Å². The highest BCUT2D eigenvalue weighted by molar-refractivity contribution is 4.80. The molecule has 2 unspecified atom stereocenters. The molecule has 1 saturated heterocycles. The maximum atomic E-state index is 2.45. The average molecular weight is 199 g/mol. The molecule has 1 heterocycles. The summed E-state index contributed by atoms with van der Waals surface area (Å²) in [5.41, 5.74) is 0. The summed E-state index contributed by atoms with van der Waals surface area (Å²) in [5, 5.41) is 0. The minimum atomic E-state index is 0.536. The maximum Gasteiger partial charge on any atom is 0.0593 e. The van der Waals surface area contributed by atoms with Gasteiger partial charge in [-0.15, -0.1) is 0 Å². The molecular weight excluding hydrogens is 174 g/mol. The quantitative estimate of drug-likeness (QED) is 0.574. The molecule has 1 aliphatic heterocycles. The molecule has 0 bridgehead atoms. The van der Waals surface area contributed by atoms with E-state index in [1.807, 2.05) is 0 Å². The van der Waals surface area contributed by atoms with Crippen molar-refractivity contribution < 1.29 is 0 Å². The van der Waals surface area contributed by atoms with Crippen LogP contribution in [-0.4, -0.2) is 67.2 Å². The molecule has 3 nitrogen and oxygen atoms in total. The molecule has 14 heavy (non-hydrogen) atoms. The zero-order valence-corrected chi connectivity index (χ0v) is 10.5. The van der Waals surface area contributed by atoms with Gasteiger partial charge < -0.3 is 4.90 Å². The zero-order chi connectivity index (χ0) is 10.9. The van der Waals surface area contributed by atoms with Crippen molar-refractivity contribution in [2.24, 2.45) is 0 Å². The van der Waals surface area contributed by atoms with Gasteiger partial charge in [-0.25, -0.2) is 0 Å². The van der Waals surface area contributed by atoms with Gasteiger partial charge in [-0.3, -0.25) is 9.80 Å². The fraction of sp³-hybridized carbons (Fsp3) is 1.00. The van der Waals surface area contributed by atoms with Crippen LogP contribution in [0.2, 0.25) is 0 Å². The number of hydrogen-bond acceptors (Lipinski definition) is 3. The van der Waals surface area contributed by atoms with E-state index in [-0.39, 0.29) is 0 Å². The van der Waals surface area contributed by atoms with Crippen LogP contribution in [0.3, 0.4) is 0 Å². The van der Waals surface area contributed by atoms with Crippen LogP contribution in [-0.2, 0) is 0 Å². The standard InChI is InChI=1S/C11H25N3/c1-9-7-12(4)8-10(2)14(6)11(3)13(9)5/h9-11H,7-8H2,1-6H3. The van der Waals surface area contributed by atoms with Crippen molar-refractivity contribution in [3.8, 4) is 0 Å². The molecule has 0 spiro atoms. The molecule has 1 fully saturated rings. The first-order valence-electron chi connectivity index (χ1n) is 5.56. The van der Waals surface area contributed by atoms with Crippen LogP contribution >= 0.6 is 0 Å². The Bertz CT molecular complexity index is 165. The first-order valence-corrected chi connectivity index (χ1v) is 5.56. The first-order chi connectivity index (χ1) is 6.43. The van der Waals surface area contributed by atoms with Gasteiger partial charge in [-0.05, 0) is 41.9 Å². The van der Waals surface area contributed by atoms with Crippen molar-refractivity contribution >= 4 is 0 Å². The molecule has 0 N–H and O–H groups in total. The summed E-state index contributed by atoms with van der Waals surface area (Å²) in [6.07, 6.45) is 0.536. The van der Waals surface area contributed by atoms with Crippen LogP contribution in [0.5, 0.6) is 0 Å². The molecule has 1 rings (SSSR count). The summed E-state index contributed by atoms with van der Waals surface area (Å²) in [4.78, 5) is 7.33. The van der Waals surface area contributed by atoms with Gasteiger partial charge in [0.2, 0.25) is 0 Å². The van der Waals surface area contributed by atoms with Crippen molar-refractivity contribution in [2.75, 3.05) is 34.2 Å². The lowest BCUT2D eigenvalue weighted by Crippen LogP contribution is -2.57. The van der Waals surface area contributed by atoms with Gasteiger partial charge in [-0.1, -0.05) is 0 Å². The Balaban J connectivity index is 2.73. The smallest absolute Gasteiger partial charge is 0.0593 e. The Labute approximate surface area is 88.7 Å². The summed E-state index contributed by atoms with van der Waals surface area (Å²) >= 11 is 0. The Morgan fingerprint density at radius 3 is 1.50 bits per heavy atom. The van der Waals surface area contributed by atoms with E-state index in [0.29, 0.717) is 18.2 Å². The number of likely N-dealkylation sites (N-methyl/N-ethyl adjacent to an activating group) is 3. The van der Waals surface area contributed by atoms with Crippen LogP contribution in [0.4, 0.5) is 0 Å². The fourth-order valence-corrected chi connectivity index (χ4v) is 2.26. The van der Waals surface area contributed by atoms with E-state index in [2.05, 4.69) is 56.6 Å². The molecule has 0 amide bonds. The Morgan fingerprint density at radius 1 is 0.786 bits per heavy atom. The number of nitrogens with zero attached hydrogens (tertiary/aromatic N) is 3. The van der Waals surface area contributed by atoms with Gasteiger partial charge in [0.15, 0.2) is 0 Å². The second kappa shape index (κ2) is 4.60. The molecular formula is C11H25N3. The highest BCUT2D eigenvalue weighted by atomic mass is 15.4. The maximum absolute atomic E-state index is 2.45. The van der Waals surface area contributed by atoms with E-state index >= 15 is 0 Å². The monoisotopic (exact) mass is 199 g/mol. The summed E-state index contributed by atoms with van der Waals surface area (Å²) in [6, 6.07) is 1.26. The Morgan fingerprint density at radius 2 is 1.14 bits per heavy atom. The molecule has 0 aromatic carbocycles. The molecule has 0 radical (unpaired) electrons. The van der Waals surface area contributed by atoms with E-state index in [0.717, 1.165) is 0 Å². The van der Waals surface area contributed by atoms with Gasteiger partial charge >= 0.3 is 0 Å². The molecule has 0 aromatic rings. The number of rotatable bonds is 0. The van der Waals surface area contributed by atoms with Gasteiger partial charge in [0.1, 0.15) is 0 Å². The van der Waals surface area contributed by atoms with Crippen molar-refractivity contribution in [1.29, 1.82) is 0 Å². The van der Waals surface area contributed by atoms with E-state index in [4.69, 9.17) is 0 Å². The predicted molar refractivity (Wildman–Crippen MR) is 61.4 cm³/mol. The summed E-state index contributed by atoms with van der Waals surface area (Å²) in [7, 11) is 6.65. The van der Waals surface area contributed by atoms with Crippen molar-refractivity contribution in [3.63, 3.8) is 0 Å². The molecule has 3 heteroatoms. The molecule has 2 atom stereocenters. The van der Waals surface area contributed by atoms with Gasteiger partial charge in [0.05, 0.1) is 6.17 Å². The largest absolute Gasteiger partial charge is 0.303 e. The van der Waals surface area contributed by atoms with Crippen LogP contribution in [0, 0.1) is 0 Å². The van der Waals surface area contributed by atoms with E-state index in [9.17, 15) is 0 Å². The van der Waals surface area contributed by atoms with E-state index < -0.39 is 0 Å². The topological polar surface area (TPSA) is 9.72 Å².